The van der Waals surface area contributed by atoms with Crippen molar-refractivity contribution in [3.05, 3.63) is 80.5 Å². The number of esters is 1. The van der Waals surface area contributed by atoms with Crippen LogP contribution in [0.1, 0.15) is 49.1 Å². The van der Waals surface area contributed by atoms with Crippen LogP contribution in [0.15, 0.2) is 47.7 Å². The van der Waals surface area contributed by atoms with Crippen molar-refractivity contribution in [2.75, 3.05) is 6.61 Å². The highest BCUT2D eigenvalue weighted by atomic mass is 35.5. The summed E-state index contributed by atoms with van der Waals surface area (Å²) in [6.07, 6.45) is 0. The van der Waals surface area contributed by atoms with E-state index in [9.17, 15) is 19.2 Å². The van der Waals surface area contributed by atoms with Gasteiger partial charge in [-0.25, -0.2) is 4.79 Å². The Morgan fingerprint density at radius 2 is 1.69 bits per heavy atom. The van der Waals surface area contributed by atoms with E-state index in [1.807, 2.05) is 0 Å². The molecular weight excluding hydrogens is 396 g/mol. The van der Waals surface area contributed by atoms with Gasteiger partial charge in [0.2, 0.25) is 5.78 Å². The molecule has 0 fully saturated rings. The first-order chi connectivity index (χ1) is 13.8. The summed E-state index contributed by atoms with van der Waals surface area (Å²) in [5.74, 6) is -2.61. The van der Waals surface area contributed by atoms with Crippen molar-refractivity contribution in [1.29, 1.82) is 5.26 Å². The minimum Gasteiger partial charge on any atom is -0.454 e. The van der Waals surface area contributed by atoms with Gasteiger partial charge in [0.1, 0.15) is 11.6 Å². The molecule has 0 unspecified atom stereocenters. The molecule has 0 saturated heterocycles. The standard InChI is InChI=1S/C21H13ClN2O5/c1-10(24)15(8-23)16(25)9-29-21(28)14-7-6-13-17(18(14)22)20(27)12-5-3-2-4-11(12)19(13)26/h2-7H,9,24H2,1H3/b15-10+. The van der Waals surface area contributed by atoms with Gasteiger partial charge >= 0.3 is 5.97 Å². The normalized spacial score (nSPS) is 13.0. The lowest BCUT2D eigenvalue weighted by Gasteiger charge is -2.19. The first-order valence-corrected chi connectivity index (χ1v) is 8.73. The molecule has 0 saturated carbocycles. The Balaban J connectivity index is 1.92. The zero-order chi connectivity index (χ0) is 21.3. The van der Waals surface area contributed by atoms with E-state index < -0.39 is 24.1 Å². The van der Waals surface area contributed by atoms with E-state index in [-0.39, 0.29) is 49.9 Å². The molecule has 0 aromatic heterocycles. The number of hydrogen-bond donors (Lipinski definition) is 1. The summed E-state index contributed by atoms with van der Waals surface area (Å²) < 4.78 is 4.92. The van der Waals surface area contributed by atoms with Gasteiger partial charge in [-0.1, -0.05) is 35.9 Å². The van der Waals surface area contributed by atoms with Crippen LogP contribution >= 0.6 is 11.6 Å². The molecule has 144 valence electrons. The number of hydrogen-bond acceptors (Lipinski definition) is 7. The van der Waals surface area contributed by atoms with Crippen LogP contribution in [-0.4, -0.2) is 29.9 Å². The van der Waals surface area contributed by atoms with Crippen molar-refractivity contribution in [3.63, 3.8) is 0 Å². The molecule has 29 heavy (non-hydrogen) atoms. The maximum Gasteiger partial charge on any atom is 0.340 e. The fourth-order valence-electron chi connectivity index (χ4n) is 2.96. The number of carbonyl (C=O) groups excluding carboxylic acids is 4. The Morgan fingerprint density at radius 3 is 2.28 bits per heavy atom. The summed E-state index contributed by atoms with van der Waals surface area (Å²) in [7, 11) is 0. The van der Waals surface area contributed by atoms with Crippen LogP contribution in [-0.2, 0) is 9.53 Å². The van der Waals surface area contributed by atoms with Crippen molar-refractivity contribution in [3.8, 4) is 6.07 Å². The second-order valence-electron chi connectivity index (χ2n) is 6.22. The molecular formula is C21H13ClN2O5. The van der Waals surface area contributed by atoms with Gasteiger partial charge in [0.25, 0.3) is 0 Å². The van der Waals surface area contributed by atoms with E-state index in [0.29, 0.717) is 0 Å². The quantitative estimate of drug-likeness (QED) is 0.399. The number of nitriles is 1. The van der Waals surface area contributed by atoms with Crippen LogP contribution in [0.2, 0.25) is 5.02 Å². The molecule has 1 aliphatic carbocycles. The van der Waals surface area contributed by atoms with Gasteiger partial charge in [0.15, 0.2) is 18.2 Å². The summed E-state index contributed by atoms with van der Waals surface area (Å²) in [6, 6.07) is 10.5. The molecule has 1 aliphatic rings. The Bertz CT molecular complexity index is 1170. The lowest BCUT2D eigenvalue weighted by Crippen LogP contribution is -2.23. The van der Waals surface area contributed by atoms with E-state index in [0.717, 1.165) is 0 Å². The second-order valence-corrected chi connectivity index (χ2v) is 6.60. The Labute approximate surface area is 170 Å². The van der Waals surface area contributed by atoms with E-state index in [2.05, 4.69) is 0 Å². The number of halogens is 1. The third-order valence-corrected chi connectivity index (χ3v) is 4.76. The molecule has 0 radical (unpaired) electrons. The van der Waals surface area contributed by atoms with Crippen LogP contribution in [0.3, 0.4) is 0 Å². The number of fused-ring (bicyclic) bond motifs is 2. The Kier molecular flexibility index (Phi) is 5.31. The fourth-order valence-corrected chi connectivity index (χ4v) is 3.28. The average molecular weight is 409 g/mol. The number of allylic oxidation sites excluding steroid dienone is 1. The zero-order valence-corrected chi connectivity index (χ0v) is 15.9. The SMILES string of the molecule is C/C(N)=C(/C#N)C(=O)COC(=O)c1ccc2c(c1Cl)C(=O)c1ccccc1C2=O. The minimum absolute atomic E-state index is 0.00290. The number of benzene rings is 2. The van der Waals surface area contributed by atoms with Crippen LogP contribution in [0.4, 0.5) is 0 Å². The Hall–Kier alpha value is -3.76. The van der Waals surface area contributed by atoms with Crippen molar-refractivity contribution in [2.45, 2.75) is 6.92 Å². The van der Waals surface area contributed by atoms with E-state index in [1.165, 1.54) is 25.1 Å². The minimum atomic E-state index is -0.975. The van der Waals surface area contributed by atoms with Crippen LogP contribution in [0.25, 0.3) is 0 Å². The van der Waals surface area contributed by atoms with E-state index in [4.69, 9.17) is 27.3 Å². The molecule has 0 aliphatic heterocycles. The van der Waals surface area contributed by atoms with Gasteiger partial charge in [-0.15, -0.1) is 0 Å². The lowest BCUT2D eigenvalue weighted by molar-refractivity contribution is -0.118. The third-order valence-electron chi connectivity index (χ3n) is 4.37. The molecule has 0 spiro atoms. The molecule has 7 nitrogen and oxygen atoms in total. The van der Waals surface area contributed by atoms with Gasteiger partial charge in [0, 0.05) is 22.4 Å². The topological polar surface area (TPSA) is 127 Å². The van der Waals surface area contributed by atoms with Crippen molar-refractivity contribution in [1.82, 2.24) is 0 Å². The van der Waals surface area contributed by atoms with Crippen LogP contribution < -0.4 is 5.73 Å². The molecule has 3 rings (SSSR count). The number of nitrogens with two attached hydrogens (primary N) is 1. The largest absolute Gasteiger partial charge is 0.454 e. The lowest BCUT2D eigenvalue weighted by atomic mass is 9.83. The highest BCUT2D eigenvalue weighted by Gasteiger charge is 2.33. The smallest absolute Gasteiger partial charge is 0.340 e. The van der Waals surface area contributed by atoms with Crippen molar-refractivity contribution in [2.24, 2.45) is 5.73 Å². The summed E-state index contributed by atoms with van der Waals surface area (Å²) in [5, 5.41) is 8.68. The molecule has 2 N–H and O–H groups in total. The number of carbonyl (C=O) groups is 4. The average Bonchev–Trinajstić information content (AvgIpc) is 2.70. The summed E-state index contributed by atoms with van der Waals surface area (Å²) in [6.45, 7) is 0.651. The number of nitrogens with zero attached hydrogens (tertiary/aromatic N) is 1. The maximum absolute atomic E-state index is 12.8. The summed E-state index contributed by atoms with van der Waals surface area (Å²) in [4.78, 5) is 49.8. The molecule has 8 heteroatoms. The van der Waals surface area contributed by atoms with Crippen molar-refractivity contribution < 1.29 is 23.9 Å². The number of rotatable bonds is 4. The first-order valence-electron chi connectivity index (χ1n) is 8.35. The van der Waals surface area contributed by atoms with Gasteiger partial charge in [-0.05, 0) is 19.1 Å². The number of ether oxygens (including phenoxy) is 1. The van der Waals surface area contributed by atoms with E-state index >= 15 is 0 Å². The van der Waals surface area contributed by atoms with Gasteiger partial charge in [-0.2, -0.15) is 5.26 Å². The molecule has 0 atom stereocenters. The van der Waals surface area contributed by atoms with Gasteiger partial charge < -0.3 is 10.5 Å². The Morgan fingerprint density at radius 1 is 1.07 bits per heavy atom. The summed E-state index contributed by atoms with van der Waals surface area (Å²) >= 11 is 6.26. The number of ketones is 3. The second kappa shape index (κ2) is 7.70. The maximum atomic E-state index is 12.8. The summed E-state index contributed by atoms with van der Waals surface area (Å²) in [5.41, 5.74) is 5.39. The van der Waals surface area contributed by atoms with Crippen molar-refractivity contribution >= 4 is 34.9 Å². The van der Waals surface area contributed by atoms with Gasteiger partial charge in [0.05, 0.1) is 16.1 Å². The first kappa shape index (κ1) is 20.0. The van der Waals surface area contributed by atoms with E-state index in [1.54, 1.807) is 24.3 Å². The van der Waals surface area contributed by atoms with Gasteiger partial charge in [-0.3, -0.25) is 14.4 Å². The predicted molar refractivity (Wildman–Crippen MR) is 103 cm³/mol. The predicted octanol–water partition coefficient (Wildman–Crippen LogP) is 2.60. The zero-order valence-electron chi connectivity index (χ0n) is 15.1. The third kappa shape index (κ3) is 3.42. The molecule has 0 amide bonds. The molecule has 2 aromatic rings. The molecule has 0 bridgehead atoms. The molecule has 2 aromatic carbocycles. The van der Waals surface area contributed by atoms with Crippen LogP contribution in [0, 0.1) is 11.3 Å². The highest BCUT2D eigenvalue weighted by Crippen LogP contribution is 2.34. The highest BCUT2D eigenvalue weighted by molar-refractivity contribution is 6.41. The molecule has 0 heterocycles. The monoisotopic (exact) mass is 408 g/mol. The number of Topliss-reactive ketones (excluding diaryl/α,β-unsaturated/α-hetero) is 1. The fraction of sp³-hybridized carbons (Fsp3) is 0.0952. The van der Waals surface area contributed by atoms with Crippen LogP contribution in [0.5, 0.6) is 0 Å².